The third-order valence-corrected chi connectivity index (χ3v) is 2.65. The molecule has 0 bridgehead atoms. The molecule has 3 nitrogen and oxygen atoms in total. The van der Waals surface area contributed by atoms with Crippen molar-refractivity contribution in [2.45, 2.75) is 19.4 Å². The van der Waals surface area contributed by atoms with Crippen LogP contribution in [-0.2, 0) is 0 Å². The highest BCUT2D eigenvalue weighted by molar-refractivity contribution is 6.32. The molecule has 0 spiro atoms. The van der Waals surface area contributed by atoms with Crippen LogP contribution in [-0.4, -0.2) is 29.3 Å². The molecule has 0 aliphatic rings. The Balaban J connectivity index is 3.00. The summed E-state index contributed by atoms with van der Waals surface area (Å²) in [7, 11) is 1.87. The van der Waals surface area contributed by atoms with Crippen LogP contribution >= 0.6 is 11.6 Å². The maximum Gasteiger partial charge on any atom is 0.147 e. The van der Waals surface area contributed by atoms with E-state index in [1.54, 1.807) is 18.3 Å². The van der Waals surface area contributed by atoms with E-state index in [4.69, 9.17) is 11.6 Å². The Morgan fingerprint density at radius 2 is 2.21 bits per heavy atom. The second-order valence-corrected chi connectivity index (χ2v) is 4.25. The molecule has 1 heterocycles. The molecule has 1 aromatic heterocycles. The number of rotatable bonds is 3. The van der Waals surface area contributed by atoms with Crippen molar-refractivity contribution in [2.24, 2.45) is 0 Å². The van der Waals surface area contributed by atoms with Gasteiger partial charge < -0.3 is 10.0 Å². The number of likely N-dealkylation sites (N-methyl/N-ethyl adjacent to an activating group) is 1. The quantitative estimate of drug-likeness (QED) is 0.836. The molecule has 4 heteroatoms. The third kappa shape index (κ3) is 2.16. The van der Waals surface area contributed by atoms with Gasteiger partial charge in [0.25, 0.3) is 0 Å². The van der Waals surface area contributed by atoms with Crippen LogP contribution in [0.25, 0.3) is 0 Å². The van der Waals surface area contributed by atoms with E-state index < -0.39 is 0 Å². The van der Waals surface area contributed by atoms with Crippen molar-refractivity contribution in [3.63, 3.8) is 0 Å². The standard InChI is InChI=1S/C10H15ClN2O/c1-10(2,7-14)13(3)9-8(11)5-4-6-12-9/h4-6,14H,7H2,1-3H3. The maximum atomic E-state index is 9.20. The zero-order valence-electron chi connectivity index (χ0n) is 8.66. The monoisotopic (exact) mass is 214 g/mol. The van der Waals surface area contributed by atoms with Crippen molar-refractivity contribution in [3.05, 3.63) is 23.4 Å². The number of aliphatic hydroxyl groups excluding tert-OH is 1. The van der Waals surface area contributed by atoms with Gasteiger partial charge >= 0.3 is 0 Å². The molecule has 0 atom stereocenters. The maximum absolute atomic E-state index is 9.20. The molecule has 14 heavy (non-hydrogen) atoms. The summed E-state index contributed by atoms with van der Waals surface area (Å²) >= 11 is 6.00. The van der Waals surface area contributed by atoms with Crippen LogP contribution in [0.3, 0.4) is 0 Å². The normalized spacial score (nSPS) is 11.5. The zero-order valence-corrected chi connectivity index (χ0v) is 9.41. The second-order valence-electron chi connectivity index (χ2n) is 3.84. The second kappa shape index (κ2) is 4.15. The van der Waals surface area contributed by atoms with Gasteiger partial charge in [-0.05, 0) is 26.0 Å². The summed E-state index contributed by atoms with van der Waals surface area (Å²) in [4.78, 5) is 6.05. The van der Waals surface area contributed by atoms with Crippen LogP contribution in [0.2, 0.25) is 5.02 Å². The smallest absolute Gasteiger partial charge is 0.147 e. The summed E-state index contributed by atoms with van der Waals surface area (Å²) in [5.41, 5.74) is -0.363. The highest BCUT2D eigenvalue weighted by atomic mass is 35.5. The summed E-state index contributed by atoms with van der Waals surface area (Å²) < 4.78 is 0. The molecule has 0 unspecified atom stereocenters. The highest BCUT2D eigenvalue weighted by Crippen LogP contribution is 2.26. The van der Waals surface area contributed by atoms with Crippen LogP contribution in [0.4, 0.5) is 5.82 Å². The minimum absolute atomic E-state index is 0.0520. The summed E-state index contributed by atoms with van der Waals surface area (Å²) in [5.74, 6) is 0.688. The average Bonchev–Trinajstić information content (AvgIpc) is 2.17. The minimum atomic E-state index is -0.363. The Labute approximate surface area is 89.3 Å². The van der Waals surface area contributed by atoms with Gasteiger partial charge in [-0.25, -0.2) is 4.98 Å². The van der Waals surface area contributed by atoms with Gasteiger partial charge in [-0.2, -0.15) is 0 Å². The molecule has 0 aliphatic carbocycles. The van der Waals surface area contributed by atoms with Crippen LogP contribution in [0, 0.1) is 0 Å². The number of hydrogen-bond donors (Lipinski definition) is 1. The van der Waals surface area contributed by atoms with E-state index in [1.165, 1.54) is 0 Å². The summed E-state index contributed by atoms with van der Waals surface area (Å²) in [6.07, 6.45) is 1.69. The van der Waals surface area contributed by atoms with Gasteiger partial charge in [-0.1, -0.05) is 11.6 Å². The van der Waals surface area contributed by atoms with E-state index in [0.29, 0.717) is 10.8 Å². The van der Waals surface area contributed by atoms with Gasteiger partial charge in [0.05, 0.1) is 17.2 Å². The first kappa shape index (κ1) is 11.3. The molecule has 0 amide bonds. The molecule has 0 fully saturated rings. The number of hydrogen-bond acceptors (Lipinski definition) is 3. The lowest BCUT2D eigenvalue weighted by Gasteiger charge is -2.35. The molecule has 0 aromatic carbocycles. The molecule has 0 saturated heterocycles. The van der Waals surface area contributed by atoms with E-state index >= 15 is 0 Å². The number of aliphatic hydroxyl groups is 1. The van der Waals surface area contributed by atoms with E-state index in [0.717, 1.165) is 0 Å². The van der Waals surface area contributed by atoms with Crippen LogP contribution in [0.1, 0.15) is 13.8 Å². The fraction of sp³-hybridized carbons (Fsp3) is 0.500. The predicted molar refractivity (Wildman–Crippen MR) is 58.8 cm³/mol. The Morgan fingerprint density at radius 3 is 2.71 bits per heavy atom. The molecule has 1 rings (SSSR count). The van der Waals surface area contributed by atoms with Crippen molar-refractivity contribution in [3.8, 4) is 0 Å². The minimum Gasteiger partial charge on any atom is -0.394 e. The SMILES string of the molecule is CN(c1ncccc1Cl)C(C)(C)CO. The molecule has 0 saturated carbocycles. The van der Waals surface area contributed by atoms with Crippen molar-refractivity contribution < 1.29 is 5.11 Å². The first-order valence-corrected chi connectivity index (χ1v) is 4.82. The number of aromatic nitrogens is 1. The van der Waals surface area contributed by atoms with Crippen LogP contribution in [0.5, 0.6) is 0 Å². The van der Waals surface area contributed by atoms with Gasteiger partial charge in [-0.15, -0.1) is 0 Å². The first-order chi connectivity index (χ1) is 6.49. The number of halogens is 1. The van der Waals surface area contributed by atoms with Gasteiger partial charge in [0.1, 0.15) is 5.82 Å². The summed E-state index contributed by atoms with van der Waals surface area (Å²) in [6.45, 7) is 3.91. The van der Waals surface area contributed by atoms with Crippen LogP contribution in [0.15, 0.2) is 18.3 Å². The topological polar surface area (TPSA) is 36.4 Å². The van der Waals surface area contributed by atoms with Crippen molar-refractivity contribution in [1.82, 2.24) is 4.98 Å². The van der Waals surface area contributed by atoms with Gasteiger partial charge in [0.2, 0.25) is 0 Å². The molecule has 1 aromatic rings. The van der Waals surface area contributed by atoms with Crippen molar-refractivity contribution in [2.75, 3.05) is 18.6 Å². The Kier molecular flexibility index (Phi) is 3.34. The molecular weight excluding hydrogens is 200 g/mol. The lowest BCUT2D eigenvalue weighted by atomic mass is 10.1. The molecule has 78 valence electrons. The van der Waals surface area contributed by atoms with E-state index in [1.807, 2.05) is 25.8 Å². The van der Waals surface area contributed by atoms with E-state index in [2.05, 4.69) is 4.98 Å². The van der Waals surface area contributed by atoms with Crippen molar-refractivity contribution in [1.29, 1.82) is 0 Å². The molecule has 0 radical (unpaired) electrons. The summed E-state index contributed by atoms with van der Waals surface area (Å²) in [5, 5.41) is 9.80. The van der Waals surface area contributed by atoms with Gasteiger partial charge in [0.15, 0.2) is 0 Å². The fourth-order valence-corrected chi connectivity index (χ4v) is 1.27. The predicted octanol–water partition coefficient (Wildman–Crippen LogP) is 1.94. The molecule has 1 N–H and O–H groups in total. The van der Waals surface area contributed by atoms with E-state index in [-0.39, 0.29) is 12.1 Å². The highest BCUT2D eigenvalue weighted by Gasteiger charge is 2.24. The molecule has 0 aliphatic heterocycles. The molecular formula is C10H15ClN2O. The third-order valence-electron chi connectivity index (χ3n) is 2.35. The Hall–Kier alpha value is -0.800. The Morgan fingerprint density at radius 1 is 1.57 bits per heavy atom. The Bertz CT molecular complexity index is 315. The van der Waals surface area contributed by atoms with Crippen molar-refractivity contribution >= 4 is 17.4 Å². The average molecular weight is 215 g/mol. The fourth-order valence-electron chi connectivity index (χ4n) is 1.02. The zero-order chi connectivity index (χ0) is 10.8. The summed E-state index contributed by atoms with van der Waals surface area (Å²) in [6, 6.07) is 3.57. The van der Waals surface area contributed by atoms with Gasteiger partial charge in [0, 0.05) is 13.2 Å². The van der Waals surface area contributed by atoms with E-state index in [9.17, 15) is 5.11 Å². The van der Waals surface area contributed by atoms with Crippen LogP contribution < -0.4 is 4.90 Å². The number of nitrogens with zero attached hydrogens (tertiary/aromatic N) is 2. The number of pyridine rings is 1. The van der Waals surface area contributed by atoms with Gasteiger partial charge in [-0.3, -0.25) is 0 Å². The lowest BCUT2D eigenvalue weighted by Crippen LogP contribution is -2.44. The largest absolute Gasteiger partial charge is 0.394 e. The number of anilines is 1. The lowest BCUT2D eigenvalue weighted by molar-refractivity contribution is 0.215. The first-order valence-electron chi connectivity index (χ1n) is 4.44.